The van der Waals surface area contributed by atoms with Crippen LogP contribution in [0.25, 0.3) is 0 Å². The van der Waals surface area contributed by atoms with Crippen molar-refractivity contribution in [2.75, 3.05) is 6.67 Å². The third-order valence-electron chi connectivity index (χ3n) is 0.189. The van der Waals surface area contributed by atoms with Crippen LogP contribution in [0.3, 0.4) is 0 Å². The van der Waals surface area contributed by atoms with E-state index in [4.69, 9.17) is 19.2 Å². The Morgan fingerprint density at radius 1 is 1.44 bits per heavy atom. The first-order valence-electron chi connectivity index (χ1n) is 2.26. The van der Waals surface area contributed by atoms with Gasteiger partial charge in [-0.25, -0.2) is 4.57 Å². The van der Waals surface area contributed by atoms with Crippen LogP contribution >= 0.6 is 7.82 Å². The zero-order valence-electron chi connectivity index (χ0n) is 4.99. The van der Waals surface area contributed by atoms with Crippen LogP contribution < -0.4 is 0 Å². The van der Waals surface area contributed by atoms with Crippen molar-refractivity contribution in [2.45, 2.75) is 5.09 Å². The summed E-state index contributed by atoms with van der Waals surface area (Å²) in [6.07, 6.45) is 0. The maximum absolute atomic E-state index is 10.7. The predicted molar refractivity (Wildman–Crippen MR) is 30.8 cm³/mol. The molecule has 0 aliphatic rings. The second-order valence-electron chi connectivity index (χ2n) is 1.20. The topological polar surface area (TPSA) is 77.8 Å². The average molecular weight is 152 g/mol. The third kappa shape index (κ3) is 142. The van der Waals surface area contributed by atoms with E-state index < -0.39 is 7.82 Å². The van der Waals surface area contributed by atoms with Gasteiger partial charge in [-0.15, -0.1) is 0 Å². The molecule has 3 N–H and O–H groups in total. The molecule has 7 heteroatoms. The zero-order chi connectivity index (χ0) is 7.91. The van der Waals surface area contributed by atoms with Gasteiger partial charge < -0.3 is 14.7 Å². The fraction of sp³-hybridized carbons (Fsp3) is 1.00. The molecule has 0 spiro atoms. The van der Waals surface area contributed by atoms with Crippen LogP contribution in [0.4, 0.5) is 4.39 Å². The van der Waals surface area contributed by atoms with Gasteiger partial charge in [0.1, 0.15) is 0 Å². The van der Waals surface area contributed by atoms with Gasteiger partial charge in [0.25, 0.3) is 0 Å². The van der Waals surface area contributed by atoms with Crippen molar-refractivity contribution in [3.63, 3.8) is 0 Å². The maximum atomic E-state index is 10.7. The van der Waals surface area contributed by atoms with Crippen molar-refractivity contribution in [1.82, 2.24) is 0 Å². The summed E-state index contributed by atoms with van der Waals surface area (Å²) in [5.74, 6) is 0. The summed E-state index contributed by atoms with van der Waals surface area (Å²) in [6, 6.07) is 0. The van der Waals surface area contributed by atoms with Gasteiger partial charge in [0, 0.05) is 0 Å². The normalized spacial score (nSPS) is 10.0. The molecule has 0 fully saturated rings. The molecule has 52 valence electrons. The Balaban J connectivity index is 0. The quantitative estimate of drug-likeness (QED) is 0.353. The van der Waals surface area contributed by atoms with Crippen LogP contribution in [-0.4, -0.2) is 39.1 Å². The molecule has 0 bridgehead atoms. The molecule has 0 aromatic heterocycles. The number of phosphoric acid groups is 1. The first-order valence-corrected chi connectivity index (χ1v) is 3.82. The second kappa shape index (κ2) is 6.75. The van der Waals surface area contributed by atoms with Crippen LogP contribution in [0.1, 0.15) is 0 Å². The van der Waals surface area contributed by atoms with Crippen molar-refractivity contribution in [3.05, 3.63) is 0 Å². The molecule has 4 nitrogen and oxygen atoms in total. The van der Waals surface area contributed by atoms with Crippen LogP contribution in [0, 0.1) is 0 Å². The van der Waals surface area contributed by atoms with Crippen molar-refractivity contribution in [1.29, 1.82) is 0 Å². The number of alkyl halides is 1. The molecule has 0 unspecified atom stereocenters. The second-order valence-corrected chi connectivity index (χ2v) is 2.23. The van der Waals surface area contributed by atoms with Crippen molar-refractivity contribution in [2.24, 2.45) is 0 Å². The van der Waals surface area contributed by atoms with E-state index in [-0.39, 0.29) is 6.67 Å². The van der Waals surface area contributed by atoms with Crippen LogP contribution in [0.2, 0.25) is 5.09 Å². The van der Waals surface area contributed by atoms with E-state index in [1.165, 1.54) is 0 Å². The van der Waals surface area contributed by atoms with Gasteiger partial charge in [-0.05, 0) is 0 Å². The average Bonchev–Trinajstić information content (AvgIpc) is 1.61. The number of rotatable bonds is 1. The molecule has 0 radical (unpaired) electrons. The Morgan fingerprint density at radius 2 is 1.56 bits per heavy atom. The van der Waals surface area contributed by atoms with E-state index in [2.05, 4.69) is 0 Å². The summed E-state index contributed by atoms with van der Waals surface area (Å²) in [4.78, 5) is 21.6. The van der Waals surface area contributed by atoms with Gasteiger partial charge in [-0.1, -0.05) is 0 Å². The number of halogens is 1. The Labute approximate surface area is 61.5 Å². The third-order valence-corrected chi connectivity index (χ3v) is 0.189. The van der Waals surface area contributed by atoms with Crippen molar-refractivity contribution >= 4 is 25.5 Å². The molecule has 0 saturated carbocycles. The molecule has 0 saturated heterocycles. The number of hydrogen-bond donors (Lipinski definition) is 3. The van der Waals surface area contributed by atoms with Crippen LogP contribution in [0.15, 0.2) is 0 Å². The Hall–Kier alpha value is 0.637. The first-order chi connectivity index (χ1) is 3.91. The molecular weight excluding hydrogens is 145 g/mol. The van der Waals surface area contributed by atoms with E-state index >= 15 is 0 Å². The SMILES string of the molecule is O=P(O)(O)O.[Li][CH2]CF. The molecule has 9 heavy (non-hydrogen) atoms. The van der Waals surface area contributed by atoms with Gasteiger partial charge >= 0.3 is 41.7 Å². The minimum atomic E-state index is -4.64. The summed E-state index contributed by atoms with van der Waals surface area (Å²) in [6.45, 7) is -0.181. The Morgan fingerprint density at radius 3 is 1.56 bits per heavy atom. The van der Waals surface area contributed by atoms with Crippen molar-refractivity contribution in [3.8, 4) is 0 Å². The summed E-state index contributed by atoms with van der Waals surface area (Å²) in [7, 11) is -4.64. The number of hydrogen-bond acceptors (Lipinski definition) is 1. The molecule has 0 aliphatic carbocycles. The molecule has 0 aromatic carbocycles. The molecule has 0 atom stereocenters. The minimum absolute atomic E-state index is 0.181. The van der Waals surface area contributed by atoms with E-state index in [9.17, 15) is 4.39 Å². The van der Waals surface area contributed by atoms with Gasteiger partial charge in [-0.3, -0.25) is 0 Å². The van der Waals surface area contributed by atoms with E-state index in [1.807, 2.05) is 0 Å². The van der Waals surface area contributed by atoms with Crippen molar-refractivity contribution < 1.29 is 23.6 Å². The van der Waals surface area contributed by atoms with Gasteiger partial charge in [0.15, 0.2) is 0 Å². The molecule has 0 heterocycles. The molecule has 0 rings (SSSR count). The molecule has 0 aliphatic heterocycles. The fourth-order valence-corrected chi connectivity index (χ4v) is 0. The first kappa shape index (κ1) is 12.3. The molecule has 0 amide bonds. The van der Waals surface area contributed by atoms with Gasteiger partial charge in [0.05, 0.1) is 0 Å². The summed E-state index contributed by atoms with van der Waals surface area (Å²) < 4.78 is 19.6. The van der Waals surface area contributed by atoms with E-state index in [0.29, 0.717) is 5.09 Å². The molecule has 0 aromatic rings. The van der Waals surface area contributed by atoms with Crippen LogP contribution in [-0.2, 0) is 4.57 Å². The molecular formula is C2H7FLiO4P. The summed E-state index contributed by atoms with van der Waals surface area (Å²) in [5.41, 5.74) is 0. The van der Waals surface area contributed by atoms with E-state index in [0.717, 1.165) is 0 Å². The predicted octanol–water partition coefficient (Wildman–Crippen LogP) is -0.386. The zero-order valence-corrected chi connectivity index (χ0v) is 5.88. The Kier molecular flexibility index (Phi) is 9.25. The summed E-state index contributed by atoms with van der Waals surface area (Å²) in [5, 5.41) is 0.653. The standard InChI is InChI=1S/C2H4F.Li.H3O4P/c1-2-3;;1-5(2,3)4/h1-2H2;;(H3,1,2,3,4). The fourth-order valence-electron chi connectivity index (χ4n) is 0. The van der Waals surface area contributed by atoms with Gasteiger partial charge in [-0.2, -0.15) is 0 Å². The van der Waals surface area contributed by atoms with Crippen LogP contribution in [0.5, 0.6) is 0 Å². The summed E-state index contributed by atoms with van der Waals surface area (Å²) >= 11 is 1.81. The monoisotopic (exact) mass is 152 g/mol. The Bertz CT molecular complexity index is 82.3. The van der Waals surface area contributed by atoms with E-state index in [1.54, 1.807) is 17.7 Å². The van der Waals surface area contributed by atoms with Gasteiger partial charge in [0.2, 0.25) is 0 Å².